The van der Waals surface area contributed by atoms with Gasteiger partial charge in [-0.1, -0.05) is 35.7 Å². The molecular formula is C23H22N4O4S2. The summed E-state index contributed by atoms with van der Waals surface area (Å²) < 4.78 is 5.40. The van der Waals surface area contributed by atoms with Gasteiger partial charge in [-0.3, -0.25) is 19.3 Å². The lowest BCUT2D eigenvalue weighted by Gasteiger charge is -2.16. The second-order valence-electron chi connectivity index (χ2n) is 8.05. The van der Waals surface area contributed by atoms with Gasteiger partial charge in [-0.2, -0.15) is 0 Å². The number of hydrogen-bond donors (Lipinski definition) is 1. The molecule has 0 bridgehead atoms. The van der Waals surface area contributed by atoms with E-state index >= 15 is 0 Å². The van der Waals surface area contributed by atoms with Crippen LogP contribution in [0.4, 0.5) is 0 Å². The number of carbonyl (C=O) groups excluding carboxylic acids is 3. The smallest absolute Gasteiger partial charge is 0.243 e. The Morgan fingerprint density at radius 3 is 2.76 bits per heavy atom. The van der Waals surface area contributed by atoms with Crippen LogP contribution >= 0.6 is 23.5 Å². The van der Waals surface area contributed by atoms with Crippen molar-refractivity contribution in [1.29, 1.82) is 0 Å². The summed E-state index contributed by atoms with van der Waals surface area (Å²) >= 11 is 2.48. The van der Waals surface area contributed by atoms with E-state index in [2.05, 4.69) is 15.5 Å². The zero-order valence-corrected chi connectivity index (χ0v) is 19.4. The number of nitrogens with zero attached hydrogens (tertiary/aromatic N) is 3. The Hall–Kier alpha value is -2.85. The van der Waals surface area contributed by atoms with Crippen molar-refractivity contribution in [3.63, 3.8) is 0 Å². The van der Waals surface area contributed by atoms with Crippen LogP contribution in [-0.4, -0.2) is 43.8 Å². The molecule has 3 aliphatic rings. The summed E-state index contributed by atoms with van der Waals surface area (Å²) in [5, 5.41) is 11.1. The highest BCUT2D eigenvalue weighted by Gasteiger charge is 2.40. The predicted octanol–water partition coefficient (Wildman–Crippen LogP) is 3.37. The zero-order chi connectivity index (χ0) is 22.8. The Morgan fingerprint density at radius 1 is 1.15 bits per heavy atom. The van der Waals surface area contributed by atoms with Crippen molar-refractivity contribution < 1.29 is 18.8 Å². The molecule has 8 nitrogen and oxygen atoms in total. The fraction of sp³-hybridized carbons (Fsp3) is 0.348. The van der Waals surface area contributed by atoms with Crippen molar-refractivity contribution in [2.24, 2.45) is 10.2 Å². The van der Waals surface area contributed by atoms with Gasteiger partial charge in [-0.05, 0) is 55.0 Å². The summed E-state index contributed by atoms with van der Waals surface area (Å²) in [6, 6.07) is 9.44. The molecule has 2 fully saturated rings. The van der Waals surface area contributed by atoms with Crippen molar-refractivity contribution in [2.45, 2.75) is 43.9 Å². The maximum atomic E-state index is 13.2. The summed E-state index contributed by atoms with van der Waals surface area (Å²) in [5.74, 6) is 0.511. The van der Waals surface area contributed by atoms with E-state index in [1.54, 1.807) is 18.4 Å². The number of furan rings is 1. The van der Waals surface area contributed by atoms with Crippen molar-refractivity contribution >= 4 is 51.5 Å². The molecule has 2 aromatic rings. The van der Waals surface area contributed by atoms with Crippen molar-refractivity contribution in [2.75, 3.05) is 5.75 Å². The number of fused-ring (bicyclic) bond motifs is 1. The van der Waals surface area contributed by atoms with E-state index in [0.717, 1.165) is 19.3 Å². The first kappa shape index (κ1) is 22.0. The first-order chi connectivity index (χ1) is 16.1. The Bertz CT molecular complexity index is 1160. The van der Waals surface area contributed by atoms with Gasteiger partial charge in [0.15, 0.2) is 16.1 Å². The number of rotatable bonds is 6. The van der Waals surface area contributed by atoms with Crippen molar-refractivity contribution in [3.05, 3.63) is 59.0 Å². The van der Waals surface area contributed by atoms with E-state index < -0.39 is 5.25 Å². The quantitative estimate of drug-likeness (QED) is 0.500. The first-order valence-corrected chi connectivity index (χ1v) is 12.7. The highest BCUT2D eigenvalue weighted by atomic mass is 32.2. The molecular weight excluding hydrogens is 460 g/mol. The predicted molar refractivity (Wildman–Crippen MR) is 128 cm³/mol. The molecule has 2 aliphatic heterocycles. The van der Waals surface area contributed by atoms with Crippen LogP contribution in [0, 0.1) is 0 Å². The standard InChI is InChI=1S/C23H22N4O4S2/c28-18(16-8-7-14-4-1-2-5-15(14)10-16)11-19-21(30)27(12-17-6-3-9-31-17)23(33-19)26-25-22-24-20(29)13-32-22/h3,6-10,19H,1-2,4-5,11-13H2,(H,24,25,29)/b26-23+/t19-/m1/s1. The van der Waals surface area contributed by atoms with Crippen LogP contribution in [0.5, 0.6) is 0 Å². The number of aryl methyl sites for hydroxylation is 2. The number of carbonyl (C=O) groups is 3. The minimum absolute atomic E-state index is 0.0571. The molecule has 33 heavy (non-hydrogen) atoms. The van der Waals surface area contributed by atoms with E-state index in [1.165, 1.54) is 46.0 Å². The van der Waals surface area contributed by atoms with Gasteiger partial charge in [0.2, 0.25) is 11.8 Å². The zero-order valence-electron chi connectivity index (χ0n) is 17.8. The third kappa shape index (κ3) is 4.91. The van der Waals surface area contributed by atoms with Crippen LogP contribution in [0.2, 0.25) is 0 Å². The molecule has 0 saturated carbocycles. The normalized spacial score (nSPS) is 22.8. The second-order valence-corrected chi connectivity index (χ2v) is 10.2. The lowest BCUT2D eigenvalue weighted by molar-refractivity contribution is -0.126. The number of nitrogens with one attached hydrogen (secondary N) is 1. The lowest BCUT2D eigenvalue weighted by atomic mass is 9.89. The topological polar surface area (TPSA) is 104 Å². The molecule has 1 N–H and O–H groups in total. The van der Waals surface area contributed by atoms with E-state index in [9.17, 15) is 14.4 Å². The Morgan fingerprint density at radius 2 is 2.00 bits per heavy atom. The van der Waals surface area contributed by atoms with Crippen LogP contribution in [-0.2, 0) is 29.0 Å². The molecule has 1 aliphatic carbocycles. The first-order valence-electron chi connectivity index (χ1n) is 10.8. The van der Waals surface area contributed by atoms with Gasteiger partial charge in [0.1, 0.15) is 5.76 Å². The Kier molecular flexibility index (Phi) is 6.37. The van der Waals surface area contributed by atoms with Crippen LogP contribution in [0.15, 0.2) is 51.2 Å². The number of thioether (sulfide) groups is 2. The summed E-state index contributed by atoms with van der Waals surface area (Å²) in [6.07, 6.45) is 6.01. The number of benzene rings is 1. The summed E-state index contributed by atoms with van der Waals surface area (Å²) in [5.41, 5.74) is 3.21. The number of hydrogen-bond acceptors (Lipinski definition) is 8. The van der Waals surface area contributed by atoms with Gasteiger partial charge in [-0.25, -0.2) is 0 Å². The van der Waals surface area contributed by atoms with Crippen LogP contribution in [0.1, 0.15) is 46.5 Å². The number of amides is 2. The average Bonchev–Trinajstić information content (AvgIpc) is 3.55. The highest BCUT2D eigenvalue weighted by Crippen LogP contribution is 2.33. The fourth-order valence-corrected chi connectivity index (χ4v) is 5.79. The van der Waals surface area contributed by atoms with Crippen LogP contribution < -0.4 is 5.32 Å². The summed E-state index contributed by atoms with van der Waals surface area (Å²) in [6.45, 7) is 0.200. The van der Waals surface area contributed by atoms with E-state index in [-0.39, 0.29) is 30.6 Å². The summed E-state index contributed by atoms with van der Waals surface area (Å²) in [4.78, 5) is 39.1. The molecule has 1 atom stereocenters. The van der Waals surface area contributed by atoms with Crippen LogP contribution in [0.25, 0.3) is 0 Å². The number of amidine groups is 2. The number of Topliss-reactive ketones (excluding diaryl/α,β-unsaturated/α-hetero) is 1. The Balaban J connectivity index is 1.34. The molecule has 1 aromatic heterocycles. The molecule has 0 unspecified atom stereocenters. The minimum Gasteiger partial charge on any atom is -0.467 e. The van der Waals surface area contributed by atoms with Gasteiger partial charge < -0.3 is 9.73 Å². The van der Waals surface area contributed by atoms with E-state index in [1.807, 2.05) is 18.2 Å². The van der Waals surface area contributed by atoms with E-state index in [0.29, 0.717) is 27.4 Å². The maximum Gasteiger partial charge on any atom is 0.243 e. The minimum atomic E-state index is -0.590. The maximum absolute atomic E-state index is 13.2. The molecule has 2 saturated heterocycles. The molecule has 0 radical (unpaired) electrons. The van der Waals surface area contributed by atoms with Crippen molar-refractivity contribution in [1.82, 2.24) is 10.2 Å². The third-order valence-electron chi connectivity index (χ3n) is 5.77. The molecule has 3 heterocycles. The van der Waals surface area contributed by atoms with Crippen molar-refractivity contribution in [3.8, 4) is 0 Å². The molecule has 10 heteroatoms. The van der Waals surface area contributed by atoms with E-state index in [4.69, 9.17) is 4.42 Å². The largest absolute Gasteiger partial charge is 0.467 e. The molecule has 0 spiro atoms. The Labute approximate surface area is 199 Å². The van der Waals surface area contributed by atoms with Crippen LogP contribution in [0.3, 0.4) is 0 Å². The fourth-order valence-electron chi connectivity index (χ4n) is 4.08. The molecule has 5 rings (SSSR count). The second kappa shape index (κ2) is 9.56. The summed E-state index contributed by atoms with van der Waals surface area (Å²) in [7, 11) is 0. The number of ketones is 1. The third-order valence-corrected chi connectivity index (χ3v) is 7.80. The molecule has 2 amide bonds. The van der Waals surface area contributed by atoms with Gasteiger partial charge in [0.05, 0.1) is 23.8 Å². The van der Waals surface area contributed by atoms with Gasteiger partial charge >= 0.3 is 0 Å². The van der Waals surface area contributed by atoms with Gasteiger partial charge in [0.25, 0.3) is 0 Å². The lowest BCUT2D eigenvalue weighted by Crippen LogP contribution is -2.32. The van der Waals surface area contributed by atoms with Gasteiger partial charge in [-0.15, -0.1) is 10.2 Å². The SMILES string of the molecule is O=C1CSC(=N/N=C2/S[C@H](CC(=O)c3ccc4c(c3)CCCC4)C(=O)N2Cc2ccco2)N1. The van der Waals surface area contributed by atoms with Gasteiger partial charge in [0, 0.05) is 12.0 Å². The molecule has 1 aromatic carbocycles. The molecule has 170 valence electrons. The highest BCUT2D eigenvalue weighted by molar-refractivity contribution is 8.15. The average molecular weight is 483 g/mol. The monoisotopic (exact) mass is 482 g/mol.